The summed E-state index contributed by atoms with van der Waals surface area (Å²) < 4.78 is 47.3. The molecule has 36 heavy (non-hydrogen) atoms. The number of sulfone groups is 1. The minimum absolute atomic E-state index is 0.285. The molecule has 1 heterocycles. The Labute approximate surface area is 210 Å². The predicted octanol–water partition coefficient (Wildman–Crippen LogP) is 2.29. The Bertz CT molecular complexity index is 1270. The molecule has 0 aromatic heterocycles. The number of nitrogens with zero attached hydrogens (tertiary/aromatic N) is 1. The van der Waals surface area contributed by atoms with E-state index in [1.165, 1.54) is 40.6 Å². The highest BCUT2D eigenvalue weighted by atomic mass is 32.2. The normalized spacial score (nSPS) is 13.8. The molecule has 0 bridgehead atoms. The second kappa shape index (κ2) is 11.6. The third-order valence-electron chi connectivity index (χ3n) is 5.49. The van der Waals surface area contributed by atoms with Crippen molar-refractivity contribution < 1.29 is 37.3 Å². The van der Waals surface area contributed by atoms with E-state index in [2.05, 4.69) is 6.08 Å². The standard InChI is InChI=1S/C26H27NO8S/c1-32-19-15-23(34-3)20(24(16-19)35-4)10-13-36(30,31)17-18-8-9-22(33-2)21(14-18)25(26(28)29)27-11-6-5-7-12-27/h6-11,13-16,25H,12,17H2,1-4H3/b13-10+. The Hall–Kier alpha value is -4.01. The van der Waals surface area contributed by atoms with Gasteiger partial charge in [-0.2, -0.15) is 0 Å². The largest absolute Gasteiger partial charge is 0.547 e. The van der Waals surface area contributed by atoms with Gasteiger partial charge in [0.15, 0.2) is 15.9 Å². The van der Waals surface area contributed by atoms with E-state index in [0.29, 0.717) is 40.7 Å². The first-order valence-electron chi connectivity index (χ1n) is 10.8. The number of rotatable bonds is 11. The Morgan fingerprint density at radius 1 is 1.06 bits per heavy atom. The van der Waals surface area contributed by atoms with Gasteiger partial charge < -0.3 is 28.8 Å². The molecule has 10 heteroatoms. The van der Waals surface area contributed by atoms with Gasteiger partial charge >= 0.3 is 0 Å². The third-order valence-corrected chi connectivity index (χ3v) is 6.78. The van der Waals surface area contributed by atoms with E-state index < -0.39 is 21.8 Å². The van der Waals surface area contributed by atoms with E-state index in [0.717, 1.165) is 5.41 Å². The second-order valence-corrected chi connectivity index (χ2v) is 9.62. The molecular formula is C26H27NO8S. The number of carboxylic acids is 1. The van der Waals surface area contributed by atoms with Gasteiger partial charge in [0.25, 0.3) is 0 Å². The molecule has 0 N–H and O–H groups in total. The molecule has 0 saturated heterocycles. The van der Waals surface area contributed by atoms with Crippen molar-refractivity contribution in [1.29, 1.82) is 0 Å². The number of benzene rings is 2. The quantitative estimate of drug-likeness (QED) is 0.418. The SMILES string of the molecule is COc1cc(OC)c(/C=C/S(=O)(=O)Cc2ccc(OC)c(C(C(=O)[O-])N3C=C[C+]=CC3)c2)c(OC)c1. The van der Waals surface area contributed by atoms with Crippen LogP contribution < -0.4 is 24.1 Å². The highest BCUT2D eigenvalue weighted by Gasteiger charge is 2.27. The van der Waals surface area contributed by atoms with Crippen LogP contribution in [0.25, 0.3) is 6.08 Å². The highest BCUT2D eigenvalue weighted by molar-refractivity contribution is 7.93. The number of hydrogen-bond donors (Lipinski definition) is 0. The molecule has 0 radical (unpaired) electrons. The van der Waals surface area contributed by atoms with Gasteiger partial charge in [0, 0.05) is 23.1 Å². The van der Waals surface area contributed by atoms with Crippen molar-refractivity contribution in [3.05, 3.63) is 76.9 Å². The van der Waals surface area contributed by atoms with Gasteiger partial charge in [-0.25, -0.2) is 8.42 Å². The van der Waals surface area contributed by atoms with Gasteiger partial charge in [-0.3, -0.25) is 4.90 Å². The van der Waals surface area contributed by atoms with E-state index >= 15 is 0 Å². The lowest BCUT2D eigenvalue weighted by atomic mass is 10.0. The van der Waals surface area contributed by atoms with Crippen molar-refractivity contribution in [3.63, 3.8) is 0 Å². The molecule has 1 atom stereocenters. The molecule has 1 unspecified atom stereocenters. The molecule has 0 fully saturated rings. The monoisotopic (exact) mass is 513 g/mol. The van der Waals surface area contributed by atoms with Crippen molar-refractivity contribution in [3.8, 4) is 23.0 Å². The smallest absolute Gasteiger partial charge is 0.176 e. The molecule has 1 aliphatic rings. The van der Waals surface area contributed by atoms with Crippen LogP contribution in [0.1, 0.15) is 22.7 Å². The number of hydrogen-bond acceptors (Lipinski definition) is 9. The summed E-state index contributed by atoms with van der Waals surface area (Å²) in [5, 5.41) is 13.1. The lowest BCUT2D eigenvalue weighted by Gasteiger charge is -2.29. The molecule has 1 aliphatic heterocycles. The molecule has 0 spiro atoms. The average Bonchev–Trinajstić information content (AvgIpc) is 2.87. The van der Waals surface area contributed by atoms with Gasteiger partial charge in [0.05, 0.1) is 64.4 Å². The molecule has 2 aromatic rings. The van der Waals surface area contributed by atoms with Crippen LogP contribution in [0, 0.1) is 6.08 Å². The first-order chi connectivity index (χ1) is 17.2. The van der Waals surface area contributed by atoms with E-state index in [9.17, 15) is 18.3 Å². The number of allylic oxidation sites excluding steroid dienone is 2. The highest BCUT2D eigenvalue weighted by Crippen LogP contribution is 2.36. The molecule has 2 aromatic carbocycles. The summed E-state index contributed by atoms with van der Waals surface area (Å²) in [6.07, 6.45) is 9.13. The molecule has 0 aliphatic carbocycles. The molecule has 3 rings (SSSR count). The Morgan fingerprint density at radius 2 is 1.72 bits per heavy atom. The van der Waals surface area contributed by atoms with Crippen LogP contribution in [-0.4, -0.2) is 54.3 Å². The minimum Gasteiger partial charge on any atom is -0.547 e. The maximum atomic E-state index is 13.0. The van der Waals surface area contributed by atoms with Crippen LogP contribution in [-0.2, 0) is 20.4 Å². The molecule has 0 amide bonds. The van der Waals surface area contributed by atoms with Gasteiger partial charge in [0.1, 0.15) is 35.2 Å². The summed E-state index contributed by atoms with van der Waals surface area (Å²) in [6.45, 7) is 0.301. The van der Waals surface area contributed by atoms with Crippen LogP contribution in [0.5, 0.6) is 23.0 Å². The van der Waals surface area contributed by atoms with Crippen LogP contribution in [0.4, 0.5) is 0 Å². The van der Waals surface area contributed by atoms with E-state index in [1.807, 2.05) is 0 Å². The summed E-state index contributed by atoms with van der Waals surface area (Å²) in [7, 11) is 2.05. The van der Waals surface area contributed by atoms with Crippen molar-refractivity contribution in [2.75, 3.05) is 35.0 Å². The Balaban J connectivity index is 1.94. The Kier molecular flexibility index (Phi) is 8.58. The van der Waals surface area contributed by atoms with Gasteiger partial charge in [-0.1, -0.05) is 6.07 Å². The van der Waals surface area contributed by atoms with Gasteiger partial charge in [-0.15, -0.1) is 0 Å². The summed E-state index contributed by atoms with van der Waals surface area (Å²) >= 11 is 0. The number of carbonyl (C=O) groups is 1. The van der Waals surface area contributed by atoms with E-state index in [4.69, 9.17) is 18.9 Å². The molecule has 190 valence electrons. The number of carbonyl (C=O) groups excluding carboxylic acids is 1. The molecular weight excluding hydrogens is 486 g/mol. The van der Waals surface area contributed by atoms with Crippen LogP contribution >= 0.6 is 0 Å². The molecule has 9 nitrogen and oxygen atoms in total. The fourth-order valence-electron chi connectivity index (χ4n) is 3.79. The van der Waals surface area contributed by atoms with Crippen molar-refractivity contribution in [1.82, 2.24) is 4.90 Å². The second-order valence-electron chi connectivity index (χ2n) is 7.74. The van der Waals surface area contributed by atoms with Gasteiger partial charge in [-0.05, 0) is 23.8 Å². The lowest BCUT2D eigenvalue weighted by Crippen LogP contribution is -2.40. The van der Waals surface area contributed by atoms with E-state index in [-0.39, 0.29) is 11.3 Å². The zero-order valence-corrected chi connectivity index (χ0v) is 21.2. The van der Waals surface area contributed by atoms with E-state index in [1.54, 1.807) is 47.5 Å². The van der Waals surface area contributed by atoms with Gasteiger partial charge in [0.2, 0.25) is 0 Å². The number of carboxylic acid groups (broad SMARTS) is 1. The summed E-state index contributed by atoms with van der Waals surface area (Å²) in [5.74, 6) is -0.157. The summed E-state index contributed by atoms with van der Waals surface area (Å²) in [4.78, 5) is 13.6. The fourth-order valence-corrected chi connectivity index (χ4v) is 4.88. The number of methoxy groups -OCH3 is 4. The summed E-state index contributed by atoms with van der Waals surface area (Å²) in [6, 6.07) is 6.69. The van der Waals surface area contributed by atoms with Crippen molar-refractivity contribution >= 4 is 21.9 Å². The minimum atomic E-state index is -3.78. The first-order valence-corrected chi connectivity index (χ1v) is 12.5. The maximum absolute atomic E-state index is 13.0. The Morgan fingerprint density at radius 3 is 2.25 bits per heavy atom. The number of ether oxygens (including phenoxy) is 4. The molecule has 0 saturated carbocycles. The fraction of sp³-hybridized carbons (Fsp3) is 0.269. The topological polar surface area (TPSA) is 114 Å². The predicted molar refractivity (Wildman–Crippen MR) is 132 cm³/mol. The first kappa shape index (κ1) is 26.6. The average molecular weight is 514 g/mol. The number of aliphatic carboxylic acids is 1. The maximum Gasteiger partial charge on any atom is 0.176 e. The third kappa shape index (κ3) is 6.16. The zero-order chi connectivity index (χ0) is 26.3. The summed E-state index contributed by atoms with van der Waals surface area (Å²) in [5.41, 5.74) is 1.10. The van der Waals surface area contributed by atoms with Crippen molar-refractivity contribution in [2.24, 2.45) is 0 Å². The van der Waals surface area contributed by atoms with Crippen LogP contribution in [0.3, 0.4) is 0 Å². The lowest BCUT2D eigenvalue weighted by molar-refractivity contribution is -0.311. The van der Waals surface area contributed by atoms with Crippen molar-refractivity contribution in [2.45, 2.75) is 11.8 Å². The van der Waals surface area contributed by atoms with Crippen LogP contribution in [0.2, 0.25) is 0 Å². The zero-order valence-electron chi connectivity index (χ0n) is 20.4. The van der Waals surface area contributed by atoms with Crippen LogP contribution in [0.15, 0.2) is 54.1 Å².